The van der Waals surface area contributed by atoms with Crippen LogP contribution in [-0.2, 0) is 4.79 Å². The fraction of sp³-hybridized carbons (Fsp3) is 0.857. The normalized spacial score (nSPS) is 28.4. The minimum absolute atomic E-state index is 0.0417. The first-order valence-corrected chi connectivity index (χ1v) is 3.74. The van der Waals surface area contributed by atoms with Crippen LogP contribution in [0.5, 0.6) is 0 Å². The molecule has 58 valence electrons. The molecule has 0 aliphatic carbocycles. The SMILES string of the molecule is C[C@@H](N)C(=O)[C@@H]1CCCN1. The number of hydrogen-bond donors (Lipinski definition) is 2. The summed E-state index contributed by atoms with van der Waals surface area (Å²) >= 11 is 0. The third-order valence-corrected chi connectivity index (χ3v) is 1.85. The zero-order chi connectivity index (χ0) is 7.56. The van der Waals surface area contributed by atoms with Crippen LogP contribution in [0.25, 0.3) is 0 Å². The van der Waals surface area contributed by atoms with Gasteiger partial charge in [0, 0.05) is 0 Å². The summed E-state index contributed by atoms with van der Waals surface area (Å²) in [7, 11) is 0. The van der Waals surface area contributed by atoms with Crippen LogP contribution in [0.1, 0.15) is 19.8 Å². The predicted octanol–water partition coefficient (Wildman–Crippen LogP) is -0.345. The minimum atomic E-state index is -0.310. The summed E-state index contributed by atoms with van der Waals surface area (Å²) in [4.78, 5) is 11.2. The molecule has 0 amide bonds. The molecule has 3 heteroatoms. The van der Waals surface area contributed by atoms with Crippen molar-refractivity contribution >= 4 is 5.78 Å². The van der Waals surface area contributed by atoms with Gasteiger partial charge in [-0.3, -0.25) is 4.79 Å². The highest BCUT2D eigenvalue weighted by Gasteiger charge is 2.23. The molecular formula is C7H14N2O. The molecule has 1 heterocycles. The van der Waals surface area contributed by atoms with Gasteiger partial charge in [0.25, 0.3) is 0 Å². The maximum Gasteiger partial charge on any atom is 0.166 e. The van der Waals surface area contributed by atoms with Crippen molar-refractivity contribution in [1.82, 2.24) is 5.32 Å². The first kappa shape index (κ1) is 7.69. The van der Waals surface area contributed by atoms with Crippen LogP contribution < -0.4 is 11.1 Å². The fourth-order valence-electron chi connectivity index (χ4n) is 1.24. The van der Waals surface area contributed by atoms with E-state index in [4.69, 9.17) is 5.73 Å². The van der Waals surface area contributed by atoms with Crippen molar-refractivity contribution in [3.05, 3.63) is 0 Å². The van der Waals surface area contributed by atoms with E-state index in [2.05, 4.69) is 5.32 Å². The minimum Gasteiger partial charge on any atom is -0.322 e. The monoisotopic (exact) mass is 142 g/mol. The second kappa shape index (κ2) is 3.12. The first-order valence-electron chi connectivity index (χ1n) is 3.74. The summed E-state index contributed by atoms with van der Waals surface area (Å²) in [6, 6.07) is -0.268. The van der Waals surface area contributed by atoms with E-state index in [1.165, 1.54) is 0 Å². The molecule has 3 N–H and O–H groups in total. The van der Waals surface area contributed by atoms with Crippen molar-refractivity contribution in [2.45, 2.75) is 31.8 Å². The van der Waals surface area contributed by atoms with Gasteiger partial charge in [0.1, 0.15) is 0 Å². The van der Waals surface area contributed by atoms with Gasteiger partial charge in [-0.25, -0.2) is 0 Å². The van der Waals surface area contributed by atoms with E-state index in [1.807, 2.05) is 0 Å². The molecule has 1 fully saturated rings. The Kier molecular flexibility index (Phi) is 2.40. The number of ketones is 1. The van der Waals surface area contributed by atoms with E-state index >= 15 is 0 Å². The molecule has 2 atom stereocenters. The Morgan fingerprint density at radius 1 is 1.80 bits per heavy atom. The predicted molar refractivity (Wildman–Crippen MR) is 39.7 cm³/mol. The van der Waals surface area contributed by atoms with Crippen molar-refractivity contribution in [2.75, 3.05) is 6.54 Å². The van der Waals surface area contributed by atoms with Crippen molar-refractivity contribution in [3.63, 3.8) is 0 Å². The van der Waals surface area contributed by atoms with Crippen molar-refractivity contribution in [3.8, 4) is 0 Å². The molecule has 0 saturated carbocycles. The summed E-state index contributed by atoms with van der Waals surface area (Å²) in [6.07, 6.45) is 2.06. The van der Waals surface area contributed by atoms with Crippen LogP contribution in [0.4, 0.5) is 0 Å². The zero-order valence-electron chi connectivity index (χ0n) is 6.26. The Morgan fingerprint density at radius 3 is 2.90 bits per heavy atom. The number of hydrogen-bond acceptors (Lipinski definition) is 3. The topological polar surface area (TPSA) is 55.1 Å². The molecule has 0 spiro atoms. The molecular weight excluding hydrogens is 128 g/mol. The average Bonchev–Trinajstić information content (AvgIpc) is 2.36. The molecule has 10 heavy (non-hydrogen) atoms. The van der Waals surface area contributed by atoms with Crippen molar-refractivity contribution in [1.29, 1.82) is 0 Å². The molecule has 3 nitrogen and oxygen atoms in total. The van der Waals surface area contributed by atoms with E-state index in [0.29, 0.717) is 0 Å². The third-order valence-electron chi connectivity index (χ3n) is 1.85. The number of carbonyl (C=O) groups excluding carboxylic acids is 1. The molecule has 1 rings (SSSR count). The van der Waals surface area contributed by atoms with E-state index in [9.17, 15) is 4.79 Å². The van der Waals surface area contributed by atoms with Gasteiger partial charge in [0.15, 0.2) is 5.78 Å². The lowest BCUT2D eigenvalue weighted by Crippen LogP contribution is -2.41. The number of nitrogens with two attached hydrogens (primary N) is 1. The van der Waals surface area contributed by atoms with Gasteiger partial charge in [0.05, 0.1) is 12.1 Å². The molecule has 0 aromatic carbocycles. The van der Waals surface area contributed by atoms with Crippen molar-refractivity contribution in [2.24, 2.45) is 5.73 Å². The molecule has 0 radical (unpaired) electrons. The number of nitrogens with one attached hydrogen (secondary N) is 1. The lowest BCUT2D eigenvalue weighted by atomic mass is 10.1. The smallest absolute Gasteiger partial charge is 0.166 e. The fourth-order valence-corrected chi connectivity index (χ4v) is 1.24. The van der Waals surface area contributed by atoms with Gasteiger partial charge in [-0.1, -0.05) is 0 Å². The summed E-state index contributed by atoms with van der Waals surface area (Å²) in [5, 5.41) is 3.11. The third kappa shape index (κ3) is 1.55. The van der Waals surface area contributed by atoms with Crippen molar-refractivity contribution < 1.29 is 4.79 Å². The largest absolute Gasteiger partial charge is 0.322 e. The van der Waals surface area contributed by atoms with E-state index in [1.54, 1.807) is 6.92 Å². The van der Waals surface area contributed by atoms with Gasteiger partial charge < -0.3 is 11.1 Å². The Morgan fingerprint density at radius 2 is 2.50 bits per heavy atom. The Bertz CT molecular complexity index is 128. The van der Waals surface area contributed by atoms with E-state index in [0.717, 1.165) is 19.4 Å². The van der Waals surface area contributed by atoms with Crippen LogP contribution in [-0.4, -0.2) is 24.4 Å². The lowest BCUT2D eigenvalue weighted by Gasteiger charge is -2.10. The summed E-state index contributed by atoms with van der Waals surface area (Å²) in [5.41, 5.74) is 5.43. The summed E-state index contributed by atoms with van der Waals surface area (Å²) < 4.78 is 0. The number of rotatable bonds is 2. The zero-order valence-corrected chi connectivity index (χ0v) is 6.26. The second-order valence-electron chi connectivity index (χ2n) is 2.84. The standard InChI is InChI=1S/C7H14N2O/c1-5(8)7(10)6-3-2-4-9-6/h5-6,9H,2-4,8H2,1H3/t5-,6+/m1/s1. The molecule has 0 aromatic heterocycles. The van der Waals surface area contributed by atoms with Gasteiger partial charge in [-0.15, -0.1) is 0 Å². The first-order chi connectivity index (χ1) is 4.72. The molecule has 0 aromatic rings. The number of carbonyl (C=O) groups is 1. The maximum atomic E-state index is 11.2. The van der Waals surface area contributed by atoms with E-state index < -0.39 is 0 Å². The van der Waals surface area contributed by atoms with Crippen LogP contribution >= 0.6 is 0 Å². The van der Waals surface area contributed by atoms with Gasteiger partial charge in [-0.05, 0) is 26.3 Å². The molecule has 1 aliphatic heterocycles. The number of Topliss-reactive ketones (excluding diaryl/α,β-unsaturated/α-hetero) is 1. The van der Waals surface area contributed by atoms with Gasteiger partial charge >= 0.3 is 0 Å². The van der Waals surface area contributed by atoms with Gasteiger partial charge in [0.2, 0.25) is 0 Å². The molecule has 1 saturated heterocycles. The summed E-state index contributed by atoms with van der Waals surface area (Å²) in [5.74, 6) is 0.150. The maximum absolute atomic E-state index is 11.2. The quantitative estimate of drug-likeness (QED) is 0.554. The Hall–Kier alpha value is -0.410. The highest BCUT2D eigenvalue weighted by molar-refractivity contribution is 5.88. The highest BCUT2D eigenvalue weighted by atomic mass is 16.1. The molecule has 0 unspecified atom stereocenters. The Balaban J connectivity index is 2.40. The lowest BCUT2D eigenvalue weighted by molar-refractivity contribution is -0.121. The second-order valence-corrected chi connectivity index (χ2v) is 2.84. The average molecular weight is 142 g/mol. The van der Waals surface area contributed by atoms with Crippen LogP contribution in [0, 0.1) is 0 Å². The van der Waals surface area contributed by atoms with Crippen LogP contribution in [0.2, 0.25) is 0 Å². The summed E-state index contributed by atoms with van der Waals surface area (Å²) in [6.45, 7) is 2.70. The van der Waals surface area contributed by atoms with Crippen LogP contribution in [0.15, 0.2) is 0 Å². The van der Waals surface area contributed by atoms with Crippen LogP contribution in [0.3, 0.4) is 0 Å². The van der Waals surface area contributed by atoms with E-state index in [-0.39, 0.29) is 17.9 Å². The molecule has 0 bridgehead atoms. The van der Waals surface area contributed by atoms with Gasteiger partial charge in [-0.2, -0.15) is 0 Å². The Labute approximate surface area is 61.0 Å². The molecule has 1 aliphatic rings. The highest BCUT2D eigenvalue weighted by Crippen LogP contribution is 2.06.